The van der Waals surface area contributed by atoms with Crippen LogP contribution in [0, 0.1) is 5.92 Å². The quantitative estimate of drug-likeness (QED) is 0.659. The van der Waals surface area contributed by atoms with Gasteiger partial charge in [-0.3, -0.25) is 0 Å². The molecule has 0 bridgehead atoms. The molecule has 10 heteroatoms. The van der Waals surface area contributed by atoms with Gasteiger partial charge in [-0.2, -0.15) is 18.3 Å². The van der Waals surface area contributed by atoms with Gasteiger partial charge in [0.15, 0.2) is 5.69 Å². The monoisotopic (exact) mass is 453 g/mol. The van der Waals surface area contributed by atoms with E-state index in [0.717, 1.165) is 11.6 Å². The molecule has 1 aliphatic carbocycles. The van der Waals surface area contributed by atoms with Gasteiger partial charge in [0.25, 0.3) is 0 Å². The normalized spacial score (nSPS) is 17.2. The second-order valence-electron chi connectivity index (χ2n) is 7.22. The number of hydrogen-bond acceptors (Lipinski definition) is 4. The zero-order valence-corrected chi connectivity index (χ0v) is 17.8. The molecule has 0 spiro atoms. The highest BCUT2D eigenvalue weighted by Gasteiger charge is 2.36. The average Bonchev–Trinajstić information content (AvgIpc) is 3.13. The molecule has 3 rings (SSSR count). The SMILES string of the molecule is C=CCc1cc(-c2cc(C(F)(F)F)nn2C2=CC=C(S(N)(=O)=O)CC2C)ccc1OC. The van der Waals surface area contributed by atoms with Crippen LogP contribution in [0.4, 0.5) is 13.2 Å². The van der Waals surface area contributed by atoms with Gasteiger partial charge in [-0.1, -0.05) is 13.0 Å². The molecule has 0 aliphatic heterocycles. The van der Waals surface area contributed by atoms with Crippen LogP contribution in [-0.4, -0.2) is 25.3 Å². The number of sulfonamides is 1. The summed E-state index contributed by atoms with van der Waals surface area (Å²) in [5.74, 6) is 0.167. The lowest BCUT2D eigenvalue weighted by Gasteiger charge is -2.22. The maximum absolute atomic E-state index is 13.5. The number of primary sulfonamides is 1. The van der Waals surface area contributed by atoms with Crippen molar-refractivity contribution >= 4 is 15.7 Å². The van der Waals surface area contributed by atoms with E-state index in [0.29, 0.717) is 23.4 Å². The van der Waals surface area contributed by atoms with Crippen molar-refractivity contribution in [3.8, 4) is 17.0 Å². The van der Waals surface area contributed by atoms with E-state index in [9.17, 15) is 21.6 Å². The predicted molar refractivity (Wildman–Crippen MR) is 112 cm³/mol. The lowest BCUT2D eigenvalue weighted by atomic mass is 9.98. The zero-order chi connectivity index (χ0) is 23.0. The van der Waals surface area contributed by atoms with Crippen LogP contribution < -0.4 is 9.88 Å². The van der Waals surface area contributed by atoms with E-state index in [-0.39, 0.29) is 17.0 Å². The standard InChI is InChI=1S/C21H22F3N3O3S/c1-4-5-15-11-14(6-9-19(15)30-3)18-12-20(21(22,23)24)26-27(18)17-8-7-16(10-13(17)2)31(25,28)29/h4,6-9,11-13H,1,5,10H2,2-3H3,(H2,25,28,29). The Bertz CT molecular complexity index is 1180. The number of nitrogens with zero attached hydrogens (tertiary/aromatic N) is 2. The van der Waals surface area contributed by atoms with Crippen molar-refractivity contribution in [3.05, 3.63) is 65.2 Å². The first-order valence-electron chi connectivity index (χ1n) is 9.35. The summed E-state index contributed by atoms with van der Waals surface area (Å²) in [6.45, 7) is 5.41. The number of allylic oxidation sites excluding steroid dienone is 5. The molecule has 0 saturated heterocycles. The fourth-order valence-corrected chi connectivity index (χ4v) is 4.22. The molecule has 0 amide bonds. The summed E-state index contributed by atoms with van der Waals surface area (Å²) in [5, 5.41) is 8.99. The van der Waals surface area contributed by atoms with Crippen LogP contribution >= 0.6 is 0 Å². The van der Waals surface area contributed by atoms with Crippen LogP contribution in [0.5, 0.6) is 5.75 Å². The van der Waals surface area contributed by atoms with Crippen molar-refractivity contribution in [2.45, 2.75) is 25.9 Å². The van der Waals surface area contributed by atoms with Crippen LogP contribution in [0.1, 0.15) is 24.6 Å². The number of hydrogen-bond donors (Lipinski definition) is 1. The fraction of sp³-hybridized carbons (Fsp3) is 0.286. The first-order chi connectivity index (χ1) is 14.5. The molecule has 1 unspecified atom stereocenters. The van der Waals surface area contributed by atoms with Crippen LogP contribution in [0.15, 0.2) is 54.0 Å². The van der Waals surface area contributed by atoms with Gasteiger partial charge in [0.1, 0.15) is 5.75 Å². The minimum atomic E-state index is -4.64. The number of nitrogens with two attached hydrogens (primary N) is 1. The largest absolute Gasteiger partial charge is 0.496 e. The topological polar surface area (TPSA) is 87.2 Å². The van der Waals surface area contributed by atoms with Crippen LogP contribution in [0.25, 0.3) is 17.0 Å². The molecule has 31 heavy (non-hydrogen) atoms. The van der Waals surface area contributed by atoms with Gasteiger partial charge in [-0.25, -0.2) is 18.2 Å². The molecule has 0 radical (unpaired) electrons. The molecule has 2 aromatic rings. The Hall–Kier alpha value is -2.85. The summed E-state index contributed by atoms with van der Waals surface area (Å²) in [4.78, 5) is 0.0196. The zero-order valence-electron chi connectivity index (χ0n) is 17.0. The van der Waals surface area contributed by atoms with Gasteiger partial charge < -0.3 is 4.74 Å². The van der Waals surface area contributed by atoms with E-state index in [2.05, 4.69) is 11.7 Å². The molecule has 0 saturated carbocycles. The molecular weight excluding hydrogens is 431 g/mol. The Morgan fingerprint density at radius 2 is 2.03 bits per heavy atom. The molecule has 1 aliphatic rings. The highest BCUT2D eigenvalue weighted by molar-refractivity contribution is 7.93. The van der Waals surface area contributed by atoms with Gasteiger partial charge in [-0.15, -0.1) is 6.58 Å². The molecule has 166 valence electrons. The van der Waals surface area contributed by atoms with Crippen molar-refractivity contribution in [3.63, 3.8) is 0 Å². The average molecular weight is 453 g/mol. The van der Waals surface area contributed by atoms with Crippen molar-refractivity contribution in [2.24, 2.45) is 11.1 Å². The third-order valence-electron chi connectivity index (χ3n) is 5.00. The number of halogens is 3. The number of benzene rings is 1. The Morgan fingerprint density at radius 1 is 1.32 bits per heavy atom. The molecule has 6 nitrogen and oxygen atoms in total. The van der Waals surface area contributed by atoms with Gasteiger partial charge in [0, 0.05) is 17.2 Å². The smallest absolute Gasteiger partial charge is 0.435 e. The van der Waals surface area contributed by atoms with E-state index in [1.165, 1.54) is 23.9 Å². The lowest BCUT2D eigenvalue weighted by molar-refractivity contribution is -0.141. The van der Waals surface area contributed by atoms with Crippen LogP contribution in [-0.2, 0) is 22.6 Å². The van der Waals surface area contributed by atoms with E-state index in [4.69, 9.17) is 9.88 Å². The van der Waals surface area contributed by atoms with Gasteiger partial charge in [0.2, 0.25) is 10.0 Å². The second-order valence-corrected chi connectivity index (χ2v) is 8.83. The minimum Gasteiger partial charge on any atom is -0.496 e. The van der Waals surface area contributed by atoms with E-state index >= 15 is 0 Å². The lowest BCUT2D eigenvalue weighted by Crippen LogP contribution is -2.21. The summed E-state index contributed by atoms with van der Waals surface area (Å²) in [5.41, 5.74) is 0.885. The van der Waals surface area contributed by atoms with Crippen molar-refractivity contribution in [1.29, 1.82) is 0 Å². The first kappa shape index (κ1) is 22.8. The van der Waals surface area contributed by atoms with E-state index < -0.39 is 27.8 Å². The maximum atomic E-state index is 13.5. The van der Waals surface area contributed by atoms with Crippen molar-refractivity contribution in [1.82, 2.24) is 9.78 Å². The first-order valence-corrected chi connectivity index (χ1v) is 10.9. The van der Waals surface area contributed by atoms with Crippen molar-refractivity contribution in [2.75, 3.05) is 7.11 Å². The highest BCUT2D eigenvalue weighted by Crippen LogP contribution is 2.38. The minimum absolute atomic E-state index is 0.0196. The van der Waals surface area contributed by atoms with Crippen LogP contribution in [0.3, 0.4) is 0 Å². The number of alkyl halides is 3. The predicted octanol–water partition coefficient (Wildman–Crippen LogP) is 4.36. The third-order valence-corrected chi connectivity index (χ3v) is 6.04. The molecule has 1 aromatic carbocycles. The summed E-state index contributed by atoms with van der Waals surface area (Å²) in [7, 11) is -2.37. The number of rotatable bonds is 6. The second kappa shape index (κ2) is 8.35. The highest BCUT2D eigenvalue weighted by atomic mass is 32.2. The molecule has 0 fully saturated rings. The molecule has 1 aromatic heterocycles. The summed E-state index contributed by atoms with van der Waals surface area (Å²) >= 11 is 0. The van der Waals surface area contributed by atoms with E-state index in [1.807, 2.05) is 0 Å². The molecular formula is C21H22F3N3O3S. The molecule has 1 atom stereocenters. The van der Waals surface area contributed by atoms with Gasteiger partial charge >= 0.3 is 6.18 Å². The number of aromatic nitrogens is 2. The summed E-state index contributed by atoms with van der Waals surface area (Å²) in [6, 6.07) is 6.04. The molecule has 2 N–H and O–H groups in total. The fourth-order valence-electron chi connectivity index (χ4n) is 3.48. The third kappa shape index (κ3) is 4.75. The summed E-state index contributed by atoms with van der Waals surface area (Å²) < 4.78 is 70.2. The summed E-state index contributed by atoms with van der Waals surface area (Å²) in [6.07, 6.45) is 0.313. The Balaban J connectivity index is 2.20. The Kier molecular flexibility index (Phi) is 6.15. The molecule has 1 heterocycles. The number of ether oxygens (including phenoxy) is 1. The van der Waals surface area contributed by atoms with Crippen molar-refractivity contribution < 1.29 is 26.3 Å². The van der Waals surface area contributed by atoms with Crippen LogP contribution in [0.2, 0.25) is 0 Å². The van der Waals surface area contributed by atoms with E-state index in [1.54, 1.807) is 31.2 Å². The number of methoxy groups -OCH3 is 1. The van der Waals surface area contributed by atoms with Gasteiger partial charge in [-0.05, 0) is 54.8 Å². The van der Waals surface area contributed by atoms with Gasteiger partial charge in [0.05, 0.1) is 17.7 Å². The maximum Gasteiger partial charge on any atom is 0.435 e. The Labute approximate surface area is 178 Å². The Morgan fingerprint density at radius 3 is 2.58 bits per heavy atom.